The van der Waals surface area contributed by atoms with E-state index in [2.05, 4.69) is 29.6 Å². The fraction of sp³-hybridized carbons (Fsp3) is 0.619. The van der Waals surface area contributed by atoms with Gasteiger partial charge in [0.1, 0.15) is 6.10 Å². The Morgan fingerprint density at radius 1 is 1.17 bits per heavy atom. The van der Waals surface area contributed by atoms with Gasteiger partial charge in [-0.3, -0.25) is 4.68 Å². The number of nitrogens with two attached hydrogens (primary N) is 1. The maximum atomic E-state index is 12.6. The third kappa shape index (κ3) is 3.54. The Morgan fingerprint density at radius 3 is 2.50 bits per heavy atom. The van der Waals surface area contributed by atoms with Crippen LogP contribution in [0.15, 0.2) is 18.3 Å². The van der Waals surface area contributed by atoms with Crippen molar-refractivity contribution in [3.63, 3.8) is 0 Å². The van der Waals surface area contributed by atoms with Gasteiger partial charge in [-0.25, -0.2) is 4.98 Å². The molecule has 2 saturated carbocycles. The fourth-order valence-corrected chi connectivity index (χ4v) is 4.90. The van der Waals surface area contributed by atoms with E-state index in [1.807, 2.05) is 4.68 Å². The van der Waals surface area contributed by atoms with Gasteiger partial charge in [0.2, 0.25) is 0 Å². The average Bonchev–Trinajstić information content (AvgIpc) is 3.03. The molecule has 2 atom stereocenters. The number of hydrogen-bond donors (Lipinski definition) is 1. The van der Waals surface area contributed by atoms with Gasteiger partial charge in [0.05, 0.1) is 25.0 Å². The summed E-state index contributed by atoms with van der Waals surface area (Å²) in [5.41, 5.74) is 8.15. The Labute approximate surface area is 173 Å². The molecule has 3 fully saturated rings. The van der Waals surface area contributed by atoms with Crippen molar-refractivity contribution in [2.24, 2.45) is 11.8 Å². The van der Waals surface area contributed by atoms with Crippen LogP contribution in [0.2, 0.25) is 0 Å². The van der Waals surface area contributed by atoms with Crippen LogP contribution in [-0.4, -0.2) is 46.8 Å². The molecule has 162 valence electrons. The summed E-state index contributed by atoms with van der Waals surface area (Å²) < 4.78 is 43.1. The summed E-state index contributed by atoms with van der Waals surface area (Å²) in [6, 6.07) is 3.72. The molecule has 2 unspecified atom stereocenters. The molecular formula is C21H26F2N4O3. The van der Waals surface area contributed by atoms with Crippen LogP contribution < -0.4 is 10.5 Å². The zero-order valence-corrected chi connectivity index (χ0v) is 17.0. The quantitative estimate of drug-likeness (QED) is 0.737. The molecule has 0 radical (unpaired) electrons. The van der Waals surface area contributed by atoms with E-state index in [0.717, 1.165) is 12.8 Å². The lowest BCUT2D eigenvalue weighted by Crippen LogP contribution is -2.38. The van der Waals surface area contributed by atoms with Crippen molar-refractivity contribution in [3.05, 3.63) is 24.0 Å². The molecule has 2 aromatic rings. The van der Waals surface area contributed by atoms with Gasteiger partial charge in [0.15, 0.2) is 11.6 Å². The maximum absolute atomic E-state index is 12.6. The topological polar surface area (TPSA) is 84.4 Å². The van der Waals surface area contributed by atoms with Gasteiger partial charge in [-0.15, -0.1) is 0 Å². The Kier molecular flexibility index (Phi) is 4.89. The minimum absolute atomic E-state index is 0.0674. The predicted octanol–water partition coefficient (Wildman–Crippen LogP) is 3.62. The van der Waals surface area contributed by atoms with E-state index in [-0.39, 0.29) is 23.7 Å². The summed E-state index contributed by atoms with van der Waals surface area (Å²) in [6.45, 7) is 2.65. The number of rotatable bonds is 7. The first-order valence-corrected chi connectivity index (χ1v) is 10.4. The number of nitrogen functional groups attached to an aromatic ring is 1. The van der Waals surface area contributed by atoms with E-state index in [9.17, 15) is 8.78 Å². The van der Waals surface area contributed by atoms with Crippen molar-refractivity contribution >= 4 is 5.82 Å². The van der Waals surface area contributed by atoms with Crippen molar-refractivity contribution < 1.29 is 23.0 Å². The fourth-order valence-electron chi connectivity index (χ4n) is 4.90. The molecular weight excluding hydrogens is 394 g/mol. The van der Waals surface area contributed by atoms with Crippen molar-refractivity contribution in [3.8, 4) is 17.0 Å². The van der Waals surface area contributed by atoms with Crippen LogP contribution in [0, 0.1) is 11.8 Å². The maximum Gasteiger partial charge on any atom is 0.387 e. The number of aromatic nitrogens is 3. The summed E-state index contributed by atoms with van der Waals surface area (Å²) in [7, 11) is 0. The molecule has 3 heterocycles. The number of ether oxygens (including phenoxy) is 3. The van der Waals surface area contributed by atoms with E-state index in [1.165, 1.54) is 11.8 Å². The summed E-state index contributed by atoms with van der Waals surface area (Å²) in [5, 5.41) is 4.75. The minimum atomic E-state index is -2.96. The van der Waals surface area contributed by atoms with Crippen LogP contribution in [0.4, 0.5) is 14.6 Å². The number of nitrogens with zero attached hydrogens (tertiary/aromatic N) is 3. The average molecular weight is 420 g/mol. The van der Waals surface area contributed by atoms with E-state index in [1.54, 1.807) is 6.20 Å². The molecule has 9 heteroatoms. The van der Waals surface area contributed by atoms with E-state index in [0.29, 0.717) is 48.3 Å². The highest BCUT2D eigenvalue weighted by atomic mass is 19.3. The molecule has 0 spiro atoms. The molecule has 3 aliphatic rings. The Hall–Kier alpha value is -2.26. The molecule has 2 N–H and O–H groups in total. The summed E-state index contributed by atoms with van der Waals surface area (Å²) in [4.78, 5) is 4.00. The van der Waals surface area contributed by atoms with Crippen molar-refractivity contribution in [1.29, 1.82) is 0 Å². The van der Waals surface area contributed by atoms with Crippen molar-refractivity contribution in [2.45, 2.75) is 57.5 Å². The third-order valence-corrected chi connectivity index (χ3v) is 6.38. The highest BCUT2D eigenvalue weighted by Gasteiger charge is 2.58. The Bertz CT molecular complexity index is 919. The van der Waals surface area contributed by atoms with Crippen LogP contribution in [0.5, 0.6) is 5.75 Å². The highest BCUT2D eigenvalue weighted by Crippen LogP contribution is 2.64. The van der Waals surface area contributed by atoms with Crippen LogP contribution in [-0.2, 0) is 9.47 Å². The first-order valence-electron chi connectivity index (χ1n) is 10.4. The van der Waals surface area contributed by atoms with E-state index < -0.39 is 6.61 Å². The van der Waals surface area contributed by atoms with Crippen LogP contribution in [0.1, 0.15) is 44.3 Å². The summed E-state index contributed by atoms with van der Waals surface area (Å²) >= 11 is 0. The number of hydrogen-bond acceptors (Lipinski definition) is 6. The second kappa shape index (κ2) is 7.46. The monoisotopic (exact) mass is 420 g/mol. The highest BCUT2D eigenvalue weighted by molar-refractivity contribution is 5.64. The number of halogens is 2. The summed E-state index contributed by atoms with van der Waals surface area (Å²) in [5.74, 6) is 1.49. The molecule has 0 bridgehead atoms. The standard InChI is InChI=1S/C21H26F2N4O3/c1-10(2)27-17(19-14-4-12(5-15(14)19)29-13-8-28-9-13)6-16(26-27)11-3-18(30-21(22)23)20(24)25-7-11/h3,6-7,10,12-15,19,21H,4-5,8-9H2,1-2H3,(H2,24,25). The zero-order chi connectivity index (χ0) is 21.0. The van der Waals surface area contributed by atoms with Crippen LogP contribution in [0.25, 0.3) is 11.3 Å². The van der Waals surface area contributed by atoms with Crippen molar-refractivity contribution in [1.82, 2.24) is 14.8 Å². The molecule has 0 amide bonds. The predicted molar refractivity (Wildman–Crippen MR) is 105 cm³/mol. The van der Waals surface area contributed by atoms with Gasteiger partial charge >= 0.3 is 6.61 Å². The van der Waals surface area contributed by atoms with Crippen LogP contribution >= 0.6 is 0 Å². The Morgan fingerprint density at radius 2 is 1.90 bits per heavy atom. The molecule has 7 nitrogen and oxygen atoms in total. The van der Waals surface area contributed by atoms with Gasteiger partial charge in [0.25, 0.3) is 0 Å². The van der Waals surface area contributed by atoms with E-state index in [4.69, 9.17) is 20.3 Å². The molecule has 30 heavy (non-hydrogen) atoms. The molecule has 2 aliphatic carbocycles. The lowest BCUT2D eigenvalue weighted by Gasteiger charge is -2.30. The lowest BCUT2D eigenvalue weighted by molar-refractivity contribution is -0.154. The smallest absolute Gasteiger partial charge is 0.387 e. The molecule has 5 rings (SSSR count). The van der Waals surface area contributed by atoms with E-state index >= 15 is 0 Å². The Balaban J connectivity index is 1.35. The lowest BCUT2D eigenvalue weighted by atomic mass is 10.0. The second-order valence-corrected chi connectivity index (χ2v) is 8.72. The first-order chi connectivity index (χ1) is 14.4. The molecule has 1 saturated heterocycles. The van der Waals surface area contributed by atoms with Gasteiger partial charge in [-0.2, -0.15) is 13.9 Å². The zero-order valence-electron chi connectivity index (χ0n) is 17.0. The second-order valence-electron chi connectivity index (χ2n) is 8.72. The van der Waals surface area contributed by atoms with Gasteiger partial charge in [0, 0.05) is 29.4 Å². The summed E-state index contributed by atoms with van der Waals surface area (Å²) in [6.07, 6.45) is 4.28. The van der Waals surface area contributed by atoms with Crippen LogP contribution in [0.3, 0.4) is 0 Å². The molecule has 1 aliphatic heterocycles. The largest absolute Gasteiger partial charge is 0.431 e. The normalized spacial score (nSPS) is 28.1. The third-order valence-electron chi connectivity index (χ3n) is 6.38. The first kappa shape index (κ1) is 19.7. The number of anilines is 1. The number of alkyl halides is 2. The van der Waals surface area contributed by atoms with Gasteiger partial charge in [-0.1, -0.05) is 0 Å². The molecule has 0 aromatic carbocycles. The minimum Gasteiger partial charge on any atom is -0.431 e. The van der Waals surface area contributed by atoms with Gasteiger partial charge in [-0.05, 0) is 50.7 Å². The number of pyridine rings is 1. The SMILES string of the molecule is CC(C)n1nc(-c2cnc(N)c(OC(F)F)c2)cc1C1C2CC(OC3COC3)CC21. The number of fused-ring (bicyclic) bond motifs is 1. The molecule has 2 aromatic heterocycles. The van der Waals surface area contributed by atoms with Gasteiger partial charge < -0.3 is 19.9 Å². The van der Waals surface area contributed by atoms with Crippen molar-refractivity contribution in [2.75, 3.05) is 18.9 Å².